The topological polar surface area (TPSA) is 53.4 Å². The lowest BCUT2D eigenvalue weighted by atomic mass is 10.0. The van der Waals surface area contributed by atoms with E-state index in [-0.39, 0.29) is 5.78 Å². The summed E-state index contributed by atoms with van der Waals surface area (Å²) in [5.74, 6) is 1.07. The Morgan fingerprint density at radius 2 is 2.20 bits per heavy atom. The largest absolute Gasteiger partial charge is 0.486 e. The molecule has 0 saturated carbocycles. The van der Waals surface area contributed by atoms with Crippen LogP contribution in [0.15, 0.2) is 30.6 Å². The van der Waals surface area contributed by atoms with Gasteiger partial charge in [-0.2, -0.15) is 5.10 Å². The Hall–Kier alpha value is -2.30. The van der Waals surface area contributed by atoms with E-state index in [4.69, 9.17) is 9.47 Å². The van der Waals surface area contributed by atoms with Gasteiger partial charge in [-0.15, -0.1) is 0 Å². The van der Waals surface area contributed by atoms with E-state index in [1.165, 1.54) is 0 Å². The molecule has 0 N–H and O–H groups in total. The first-order valence-electron chi connectivity index (χ1n) is 6.75. The second-order valence-corrected chi connectivity index (χ2v) is 4.65. The number of carbonyl (C=O) groups is 1. The van der Waals surface area contributed by atoms with E-state index in [9.17, 15) is 4.79 Å². The van der Waals surface area contributed by atoms with Gasteiger partial charge in [0.2, 0.25) is 0 Å². The Morgan fingerprint density at radius 3 is 3.05 bits per heavy atom. The van der Waals surface area contributed by atoms with Gasteiger partial charge >= 0.3 is 0 Å². The molecule has 1 aliphatic rings. The molecule has 3 rings (SSSR count). The molecule has 0 atom stereocenters. The van der Waals surface area contributed by atoms with Gasteiger partial charge < -0.3 is 9.47 Å². The summed E-state index contributed by atoms with van der Waals surface area (Å²) >= 11 is 0. The maximum Gasteiger partial charge on any atom is 0.200 e. The van der Waals surface area contributed by atoms with Crippen molar-refractivity contribution in [1.82, 2.24) is 9.78 Å². The number of hydrogen-bond acceptors (Lipinski definition) is 4. The highest BCUT2D eigenvalue weighted by molar-refractivity contribution is 6.10. The number of benzene rings is 1. The molecule has 5 nitrogen and oxygen atoms in total. The second kappa shape index (κ2) is 5.36. The van der Waals surface area contributed by atoms with Crippen molar-refractivity contribution in [2.75, 3.05) is 13.2 Å². The van der Waals surface area contributed by atoms with E-state index >= 15 is 0 Å². The third-order valence-electron chi connectivity index (χ3n) is 3.16. The molecular weight excluding hydrogens is 256 g/mol. The molecule has 0 radical (unpaired) electrons. The Kier molecular flexibility index (Phi) is 3.41. The van der Waals surface area contributed by atoms with Crippen LogP contribution in [0.2, 0.25) is 0 Å². The molecular formula is C15H16N2O3. The molecule has 5 heteroatoms. The van der Waals surface area contributed by atoms with Crippen molar-refractivity contribution < 1.29 is 14.3 Å². The molecule has 20 heavy (non-hydrogen) atoms. The summed E-state index contributed by atoms with van der Waals surface area (Å²) in [6.07, 6.45) is 4.35. The van der Waals surface area contributed by atoms with Gasteiger partial charge in [-0.05, 0) is 18.6 Å². The van der Waals surface area contributed by atoms with E-state index in [1.807, 2.05) is 6.07 Å². The van der Waals surface area contributed by atoms with Crippen LogP contribution in [0.1, 0.15) is 29.3 Å². The van der Waals surface area contributed by atoms with Gasteiger partial charge in [-0.1, -0.05) is 13.0 Å². The summed E-state index contributed by atoms with van der Waals surface area (Å²) in [6.45, 7) is 3.85. The standard InChI is InChI=1S/C15H16N2O3/c1-2-6-17-10-11(9-16-17)14(18)12-4-3-5-13-15(12)20-8-7-19-13/h3-5,9-10H,2,6-8H2,1H3. The molecule has 2 aromatic rings. The number of aryl methyl sites for hydroxylation is 1. The monoisotopic (exact) mass is 272 g/mol. The van der Waals surface area contributed by atoms with Gasteiger partial charge in [0.15, 0.2) is 17.3 Å². The van der Waals surface area contributed by atoms with Gasteiger partial charge in [0.25, 0.3) is 0 Å². The summed E-state index contributed by atoms with van der Waals surface area (Å²) in [4.78, 5) is 12.5. The average molecular weight is 272 g/mol. The van der Waals surface area contributed by atoms with Crippen molar-refractivity contribution >= 4 is 5.78 Å². The first kappa shape index (κ1) is 12.7. The predicted octanol–water partition coefficient (Wildman–Crippen LogP) is 2.30. The number of rotatable bonds is 4. The number of carbonyl (C=O) groups excluding carboxylic acids is 1. The molecule has 0 aliphatic carbocycles. The minimum atomic E-state index is -0.0882. The molecule has 0 amide bonds. The average Bonchev–Trinajstić information content (AvgIpc) is 2.95. The predicted molar refractivity (Wildman–Crippen MR) is 73.4 cm³/mol. The van der Waals surface area contributed by atoms with Gasteiger partial charge in [0.05, 0.1) is 17.3 Å². The first-order valence-corrected chi connectivity index (χ1v) is 6.75. The van der Waals surface area contributed by atoms with Crippen molar-refractivity contribution in [1.29, 1.82) is 0 Å². The highest BCUT2D eigenvalue weighted by Gasteiger charge is 2.22. The lowest BCUT2D eigenvalue weighted by Crippen LogP contribution is -2.17. The van der Waals surface area contributed by atoms with E-state index in [2.05, 4.69) is 12.0 Å². The smallest absolute Gasteiger partial charge is 0.200 e. The Balaban J connectivity index is 1.93. The Morgan fingerprint density at radius 1 is 1.35 bits per heavy atom. The zero-order valence-electron chi connectivity index (χ0n) is 11.3. The van der Waals surface area contributed by atoms with E-state index in [0.29, 0.717) is 35.8 Å². The Labute approximate surface area is 117 Å². The van der Waals surface area contributed by atoms with Crippen molar-refractivity contribution in [2.24, 2.45) is 0 Å². The zero-order valence-corrected chi connectivity index (χ0v) is 11.3. The Bertz CT molecular complexity index is 634. The highest BCUT2D eigenvalue weighted by atomic mass is 16.6. The zero-order chi connectivity index (χ0) is 13.9. The maximum absolute atomic E-state index is 12.5. The van der Waals surface area contributed by atoms with E-state index in [0.717, 1.165) is 13.0 Å². The normalized spacial score (nSPS) is 13.2. The lowest BCUT2D eigenvalue weighted by Gasteiger charge is -2.20. The number of hydrogen-bond donors (Lipinski definition) is 0. The van der Waals surface area contributed by atoms with Crippen LogP contribution in [0.4, 0.5) is 0 Å². The van der Waals surface area contributed by atoms with E-state index in [1.54, 1.807) is 29.2 Å². The molecule has 0 saturated heterocycles. The van der Waals surface area contributed by atoms with Crippen LogP contribution in [0.3, 0.4) is 0 Å². The minimum Gasteiger partial charge on any atom is -0.486 e. The van der Waals surface area contributed by atoms with Gasteiger partial charge in [-0.25, -0.2) is 0 Å². The first-order chi connectivity index (χ1) is 9.79. The van der Waals surface area contributed by atoms with Crippen LogP contribution in [-0.4, -0.2) is 28.8 Å². The van der Waals surface area contributed by atoms with Gasteiger partial charge in [0.1, 0.15) is 13.2 Å². The third kappa shape index (κ3) is 2.27. The minimum absolute atomic E-state index is 0.0882. The fourth-order valence-corrected chi connectivity index (χ4v) is 2.24. The van der Waals surface area contributed by atoms with Crippen LogP contribution < -0.4 is 9.47 Å². The molecule has 1 aliphatic heterocycles. The number of para-hydroxylation sites is 1. The number of ether oxygens (including phenoxy) is 2. The van der Waals surface area contributed by atoms with Crippen molar-refractivity contribution in [2.45, 2.75) is 19.9 Å². The molecule has 0 bridgehead atoms. The maximum atomic E-state index is 12.5. The molecule has 0 unspecified atom stereocenters. The fourth-order valence-electron chi connectivity index (χ4n) is 2.24. The van der Waals surface area contributed by atoms with Crippen molar-refractivity contribution in [3.05, 3.63) is 41.7 Å². The van der Waals surface area contributed by atoms with Crippen LogP contribution in [0.5, 0.6) is 11.5 Å². The van der Waals surface area contributed by atoms with Gasteiger partial charge in [0, 0.05) is 12.7 Å². The SMILES string of the molecule is CCCn1cc(C(=O)c2cccc3c2OCCO3)cn1. The second-order valence-electron chi connectivity index (χ2n) is 4.65. The highest BCUT2D eigenvalue weighted by Crippen LogP contribution is 2.34. The number of nitrogens with zero attached hydrogens (tertiary/aromatic N) is 2. The van der Waals surface area contributed by atoms with Crippen LogP contribution in [0, 0.1) is 0 Å². The molecule has 1 aromatic carbocycles. The van der Waals surface area contributed by atoms with Crippen LogP contribution >= 0.6 is 0 Å². The molecule has 104 valence electrons. The van der Waals surface area contributed by atoms with Gasteiger partial charge in [-0.3, -0.25) is 9.48 Å². The summed E-state index contributed by atoms with van der Waals surface area (Å²) in [5, 5.41) is 4.19. The van der Waals surface area contributed by atoms with E-state index < -0.39 is 0 Å². The third-order valence-corrected chi connectivity index (χ3v) is 3.16. The number of fused-ring (bicyclic) bond motifs is 1. The summed E-state index contributed by atoms with van der Waals surface area (Å²) in [7, 11) is 0. The van der Waals surface area contributed by atoms with Crippen LogP contribution in [-0.2, 0) is 6.54 Å². The van der Waals surface area contributed by atoms with Crippen molar-refractivity contribution in [3.8, 4) is 11.5 Å². The van der Waals surface area contributed by atoms with Crippen molar-refractivity contribution in [3.63, 3.8) is 0 Å². The number of aromatic nitrogens is 2. The lowest BCUT2D eigenvalue weighted by molar-refractivity contribution is 0.102. The summed E-state index contributed by atoms with van der Waals surface area (Å²) < 4.78 is 12.9. The molecule has 0 fully saturated rings. The van der Waals surface area contributed by atoms with Crippen LogP contribution in [0.25, 0.3) is 0 Å². The molecule has 1 aromatic heterocycles. The quantitative estimate of drug-likeness (QED) is 0.801. The molecule has 0 spiro atoms. The fraction of sp³-hybridized carbons (Fsp3) is 0.333. The number of ketones is 1. The molecule has 2 heterocycles. The summed E-state index contributed by atoms with van der Waals surface area (Å²) in [5.41, 5.74) is 1.10. The summed E-state index contributed by atoms with van der Waals surface area (Å²) in [6, 6.07) is 5.37.